The van der Waals surface area contributed by atoms with Gasteiger partial charge in [-0.15, -0.1) is 0 Å². The summed E-state index contributed by atoms with van der Waals surface area (Å²) in [5, 5.41) is 6.37. The quantitative estimate of drug-likeness (QED) is 0.299. The van der Waals surface area contributed by atoms with Crippen LogP contribution in [0.5, 0.6) is 0 Å². The first kappa shape index (κ1) is 26.7. The second-order valence-corrected chi connectivity index (χ2v) is 11.5. The van der Waals surface area contributed by atoms with E-state index in [-0.39, 0.29) is 6.54 Å². The molecule has 37 heavy (non-hydrogen) atoms. The first-order chi connectivity index (χ1) is 17.7. The molecular formula is C28H32F2N4O2S. The Labute approximate surface area is 217 Å². The Morgan fingerprint density at radius 1 is 1.11 bits per heavy atom. The van der Waals surface area contributed by atoms with Crippen molar-refractivity contribution in [1.29, 1.82) is 0 Å². The standard InChI is InChI=1S/C28H32F2N4O2S/c1-28-18-22(19-32-33(2)26-9-4-3-5-10-26)11-12-23(28)13-14-24(28)20-34(37(35,36)21-27(29)30)17-15-25-8-6-7-16-31-25/h3-12,16,19-20,27H,13-15,17-18,21H2,1-2H3/b24-20+,32-19-. The Bertz CT molecular complexity index is 1310. The molecule has 0 amide bonds. The molecule has 1 aromatic heterocycles. The van der Waals surface area contributed by atoms with E-state index in [9.17, 15) is 17.2 Å². The minimum Gasteiger partial charge on any atom is -0.277 e. The number of nitrogens with zero attached hydrogens (tertiary/aromatic N) is 4. The zero-order valence-electron chi connectivity index (χ0n) is 21.1. The molecule has 0 aliphatic heterocycles. The average Bonchev–Trinajstić information content (AvgIpc) is 3.20. The first-order valence-corrected chi connectivity index (χ1v) is 13.9. The number of allylic oxidation sites excluding steroid dienone is 5. The topological polar surface area (TPSA) is 65.9 Å². The normalized spacial score (nSPS) is 20.7. The lowest BCUT2D eigenvalue weighted by Gasteiger charge is -2.33. The number of hydrogen-bond acceptors (Lipinski definition) is 5. The van der Waals surface area contributed by atoms with Crippen molar-refractivity contribution in [1.82, 2.24) is 9.29 Å². The van der Waals surface area contributed by atoms with Gasteiger partial charge in [-0.1, -0.05) is 48.9 Å². The summed E-state index contributed by atoms with van der Waals surface area (Å²) in [5.41, 5.74) is 4.42. The maximum atomic E-state index is 13.2. The maximum Gasteiger partial charge on any atom is 0.254 e. The molecule has 2 aliphatic rings. The van der Waals surface area contributed by atoms with Gasteiger partial charge < -0.3 is 0 Å². The highest BCUT2D eigenvalue weighted by Gasteiger charge is 2.41. The van der Waals surface area contributed by atoms with E-state index < -0.39 is 27.6 Å². The summed E-state index contributed by atoms with van der Waals surface area (Å²) in [5.74, 6) is -1.21. The Hall–Kier alpha value is -3.33. The molecule has 4 rings (SSSR count). The predicted molar refractivity (Wildman–Crippen MR) is 144 cm³/mol. The Morgan fingerprint density at radius 3 is 2.57 bits per heavy atom. The molecule has 1 unspecified atom stereocenters. The molecule has 6 nitrogen and oxygen atoms in total. The third-order valence-electron chi connectivity index (χ3n) is 6.97. The van der Waals surface area contributed by atoms with Crippen LogP contribution < -0.4 is 5.01 Å². The third kappa shape index (κ3) is 6.52. The van der Waals surface area contributed by atoms with Crippen LogP contribution in [0.1, 0.15) is 31.9 Å². The van der Waals surface area contributed by atoms with Gasteiger partial charge in [0.2, 0.25) is 10.0 Å². The van der Waals surface area contributed by atoms with Crippen LogP contribution in [0.4, 0.5) is 14.5 Å². The van der Waals surface area contributed by atoms with Crippen molar-refractivity contribution in [3.8, 4) is 0 Å². The summed E-state index contributed by atoms with van der Waals surface area (Å²) in [6, 6.07) is 15.2. The van der Waals surface area contributed by atoms with Gasteiger partial charge >= 0.3 is 0 Å². The van der Waals surface area contributed by atoms with Crippen LogP contribution in [0.25, 0.3) is 0 Å². The Kier molecular flexibility index (Phi) is 8.22. The van der Waals surface area contributed by atoms with Crippen molar-refractivity contribution in [3.05, 3.63) is 95.5 Å². The molecule has 0 N–H and O–H groups in total. The van der Waals surface area contributed by atoms with Gasteiger partial charge in [0.15, 0.2) is 0 Å². The molecule has 2 aliphatic carbocycles. The van der Waals surface area contributed by atoms with Crippen LogP contribution in [0, 0.1) is 5.41 Å². The number of sulfonamides is 1. The largest absolute Gasteiger partial charge is 0.277 e. The molecule has 1 heterocycles. The third-order valence-corrected chi connectivity index (χ3v) is 8.65. The molecule has 0 saturated heterocycles. The summed E-state index contributed by atoms with van der Waals surface area (Å²) in [7, 11) is -2.32. The summed E-state index contributed by atoms with van der Waals surface area (Å²) in [6.45, 7) is 2.15. The second kappa shape index (κ2) is 11.4. The van der Waals surface area contributed by atoms with E-state index in [0.29, 0.717) is 25.0 Å². The fourth-order valence-corrected chi connectivity index (χ4v) is 6.01. The van der Waals surface area contributed by atoms with Gasteiger partial charge in [-0.25, -0.2) is 17.2 Å². The number of anilines is 1. The second-order valence-electron chi connectivity index (χ2n) is 9.55. The lowest BCUT2D eigenvalue weighted by molar-refractivity contribution is 0.173. The Balaban J connectivity index is 1.56. The summed E-state index contributed by atoms with van der Waals surface area (Å²) >= 11 is 0. The van der Waals surface area contributed by atoms with Gasteiger partial charge in [-0.2, -0.15) is 5.10 Å². The summed E-state index contributed by atoms with van der Waals surface area (Å²) in [4.78, 5) is 4.25. The van der Waals surface area contributed by atoms with E-state index in [1.54, 1.807) is 29.5 Å². The van der Waals surface area contributed by atoms with Crippen molar-refractivity contribution in [2.24, 2.45) is 10.5 Å². The van der Waals surface area contributed by atoms with Gasteiger partial charge in [0.1, 0.15) is 5.75 Å². The number of halogens is 2. The molecule has 1 saturated carbocycles. The van der Waals surface area contributed by atoms with Gasteiger partial charge in [0, 0.05) is 43.5 Å². The summed E-state index contributed by atoms with van der Waals surface area (Å²) in [6.07, 6.45) is 8.70. The summed E-state index contributed by atoms with van der Waals surface area (Å²) < 4.78 is 53.3. The van der Waals surface area contributed by atoms with E-state index in [1.165, 1.54) is 5.57 Å². The molecule has 1 aromatic carbocycles. The van der Waals surface area contributed by atoms with Crippen LogP contribution in [0.3, 0.4) is 0 Å². The van der Waals surface area contributed by atoms with E-state index in [2.05, 4.69) is 29.2 Å². The molecule has 0 spiro atoms. The predicted octanol–water partition coefficient (Wildman–Crippen LogP) is 5.58. The molecule has 2 aromatic rings. The molecule has 1 atom stereocenters. The first-order valence-electron chi connectivity index (χ1n) is 12.3. The number of alkyl halides is 2. The molecular weight excluding hydrogens is 494 g/mol. The zero-order chi connectivity index (χ0) is 26.5. The number of para-hydroxylation sites is 1. The van der Waals surface area contributed by atoms with E-state index in [4.69, 9.17) is 0 Å². The number of aromatic nitrogens is 1. The lowest BCUT2D eigenvalue weighted by atomic mass is 9.73. The number of fused-ring (bicyclic) bond motifs is 1. The van der Waals surface area contributed by atoms with Crippen LogP contribution in [0.15, 0.2) is 94.9 Å². The van der Waals surface area contributed by atoms with E-state index >= 15 is 0 Å². The molecule has 0 bridgehead atoms. The maximum absolute atomic E-state index is 13.2. The molecule has 0 radical (unpaired) electrons. The zero-order valence-corrected chi connectivity index (χ0v) is 21.9. The average molecular weight is 527 g/mol. The number of benzene rings is 1. The fourth-order valence-electron chi connectivity index (χ4n) is 4.85. The number of pyridine rings is 1. The monoisotopic (exact) mass is 526 g/mol. The SMILES string of the molecule is CN(/N=C\C1=CC=C2CC/C(=C\N(CCc3ccccn3)S(=O)(=O)CC(F)F)C2(C)C1)c1ccccc1. The van der Waals surface area contributed by atoms with E-state index in [1.807, 2.05) is 49.7 Å². The van der Waals surface area contributed by atoms with Crippen molar-refractivity contribution < 1.29 is 17.2 Å². The van der Waals surface area contributed by atoms with Crippen LogP contribution in [-0.4, -0.2) is 49.7 Å². The van der Waals surface area contributed by atoms with Gasteiger partial charge in [-0.3, -0.25) is 14.3 Å². The number of rotatable bonds is 10. The lowest BCUT2D eigenvalue weighted by Crippen LogP contribution is -2.34. The smallest absolute Gasteiger partial charge is 0.254 e. The highest BCUT2D eigenvalue weighted by molar-refractivity contribution is 7.89. The van der Waals surface area contributed by atoms with Crippen molar-refractivity contribution >= 4 is 21.9 Å². The highest BCUT2D eigenvalue weighted by Crippen LogP contribution is 2.52. The van der Waals surface area contributed by atoms with Gasteiger partial charge in [-0.05, 0) is 54.7 Å². The van der Waals surface area contributed by atoms with Gasteiger partial charge in [0.05, 0.1) is 11.9 Å². The number of hydrazone groups is 1. The minimum absolute atomic E-state index is 0.0523. The fraction of sp³-hybridized carbons (Fsp3) is 0.357. The van der Waals surface area contributed by atoms with Crippen molar-refractivity contribution in [2.75, 3.05) is 24.4 Å². The molecule has 196 valence electrons. The number of hydrogen-bond donors (Lipinski definition) is 0. The van der Waals surface area contributed by atoms with Gasteiger partial charge in [0.25, 0.3) is 6.43 Å². The van der Waals surface area contributed by atoms with E-state index in [0.717, 1.165) is 27.6 Å². The van der Waals surface area contributed by atoms with Crippen LogP contribution in [0.2, 0.25) is 0 Å². The molecule has 1 fully saturated rings. The molecule has 9 heteroatoms. The van der Waals surface area contributed by atoms with Crippen LogP contribution >= 0.6 is 0 Å². The van der Waals surface area contributed by atoms with Crippen molar-refractivity contribution in [3.63, 3.8) is 0 Å². The Morgan fingerprint density at radius 2 is 1.86 bits per heavy atom. The minimum atomic E-state index is -4.20. The highest BCUT2D eigenvalue weighted by atomic mass is 32.2. The van der Waals surface area contributed by atoms with Crippen LogP contribution in [-0.2, 0) is 16.4 Å². The van der Waals surface area contributed by atoms with Crippen molar-refractivity contribution in [2.45, 2.75) is 39.0 Å².